The molecule has 106 valence electrons. The van der Waals surface area contributed by atoms with Crippen molar-refractivity contribution in [1.82, 2.24) is 20.1 Å². The molecule has 1 saturated carbocycles. The SMILES string of the molecule is COCCCn1c(SCC(=O)NC2CC2)n[nH]c1=O. The summed E-state index contributed by atoms with van der Waals surface area (Å²) in [5.74, 6) is 0.275. The molecule has 1 aliphatic rings. The summed E-state index contributed by atoms with van der Waals surface area (Å²) in [6.07, 6.45) is 2.87. The van der Waals surface area contributed by atoms with E-state index in [0.717, 1.165) is 19.3 Å². The van der Waals surface area contributed by atoms with Gasteiger partial charge in [-0.1, -0.05) is 11.8 Å². The van der Waals surface area contributed by atoms with Crippen LogP contribution in [-0.2, 0) is 16.1 Å². The summed E-state index contributed by atoms with van der Waals surface area (Å²) in [6, 6.07) is 0.358. The van der Waals surface area contributed by atoms with Gasteiger partial charge >= 0.3 is 5.69 Å². The van der Waals surface area contributed by atoms with Crippen LogP contribution in [0.4, 0.5) is 0 Å². The van der Waals surface area contributed by atoms with Crippen LogP contribution < -0.4 is 11.0 Å². The molecule has 2 rings (SSSR count). The van der Waals surface area contributed by atoms with Crippen molar-refractivity contribution in [2.75, 3.05) is 19.5 Å². The molecule has 7 nitrogen and oxygen atoms in total. The number of methoxy groups -OCH3 is 1. The predicted molar refractivity (Wildman–Crippen MR) is 71.2 cm³/mol. The lowest BCUT2D eigenvalue weighted by Crippen LogP contribution is -2.27. The number of rotatable bonds is 8. The Morgan fingerprint density at radius 1 is 1.63 bits per heavy atom. The van der Waals surface area contributed by atoms with Gasteiger partial charge in [-0.3, -0.25) is 9.36 Å². The normalized spacial score (nSPS) is 14.6. The summed E-state index contributed by atoms with van der Waals surface area (Å²) in [5, 5.41) is 9.78. The molecule has 1 fully saturated rings. The fourth-order valence-electron chi connectivity index (χ4n) is 1.60. The summed E-state index contributed by atoms with van der Waals surface area (Å²) < 4.78 is 6.49. The lowest BCUT2D eigenvalue weighted by molar-refractivity contribution is -0.118. The number of carbonyl (C=O) groups excluding carboxylic acids is 1. The van der Waals surface area contributed by atoms with E-state index in [4.69, 9.17) is 4.74 Å². The molecule has 0 spiro atoms. The first-order valence-corrected chi connectivity index (χ1v) is 7.25. The highest BCUT2D eigenvalue weighted by atomic mass is 32.2. The molecule has 0 radical (unpaired) electrons. The van der Waals surface area contributed by atoms with Gasteiger partial charge in [0.25, 0.3) is 0 Å². The molecular weight excluding hydrogens is 268 g/mol. The molecule has 0 unspecified atom stereocenters. The quantitative estimate of drug-likeness (QED) is 0.518. The minimum absolute atomic E-state index is 0.00797. The average Bonchev–Trinajstić information content (AvgIpc) is 3.13. The first-order chi connectivity index (χ1) is 9.20. The van der Waals surface area contributed by atoms with Crippen molar-refractivity contribution in [3.63, 3.8) is 0 Å². The smallest absolute Gasteiger partial charge is 0.343 e. The molecule has 1 aromatic rings. The van der Waals surface area contributed by atoms with Crippen molar-refractivity contribution in [3.8, 4) is 0 Å². The van der Waals surface area contributed by atoms with E-state index >= 15 is 0 Å². The average molecular weight is 286 g/mol. The first kappa shape index (κ1) is 14.1. The molecule has 0 atom stereocenters. The van der Waals surface area contributed by atoms with Crippen LogP contribution in [0.5, 0.6) is 0 Å². The molecule has 1 amide bonds. The molecule has 0 bridgehead atoms. The van der Waals surface area contributed by atoms with Crippen molar-refractivity contribution >= 4 is 17.7 Å². The van der Waals surface area contributed by atoms with Crippen molar-refractivity contribution in [2.24, 2.45) is 0 Å². The fourth-order valence-corrected chi connectivity index (χ4v) is 2.39. The van der Waals surface area contributed by atoms with Gasteiger partial charge in [0.1, 0.15) is 0 Å². The Bertz CT molecular complexity index is 481. The summed E-state index contributed by atoms with van der Waals surface area (Å²) in [4.78, 5) is 23.1. The van der Waals surface area contributed by atoms with E-state index in [-0.39, 0.29) is 17.3 Å². The van der Waals surface area contributed by atoms with Crippen molar-refractivity contribution in [1.29, 1.82) is 0 Å². The first-order valence-electron chi connectivity index (χ1n) is 6.27. The molecule has 1 aromatic heterocycles. The van der Waals surface area contributed by atoms with E-state index in [0.29, 0.717) is 24.3 Å². The highest BCUT2D eigenvalue weighted by Gasteiger charge is 2.23. The number of hydrogen-bond acceptors (Lipinski definition) is 5. The lowest BCUT2D eigenvalue weighted by Gasteiger charge is -2.05. The fraction of sp³-hybridized carbons (Fsp3) is 0.727. The standard InChI is InChI=1S/C11H18N4O3S/c1-18-6-2-5-15-10(17)13-14-11(15)19-7-9(16)12-8-3-4-8/h8H,2-7H2,1H3,(H,12,16)(H,13,17). The number of aromatic amines is 1. The van der Waals surface area contributed by atoms with E-state index in [1.165, 1.54) is 16.3 Å². The molecule has 1 aliphatic carbocycles. The maximum absolute atomic E-state index is 11.6. The highest BCUT2D eigenvalue weighted by molar-refractivity contribution is 7.99. The van der Waals surface area contributed by atoms with Gasteiger partial charge in [-0.05, 0) is 19.3 Å². The molecule has 2 N–H and O–H groups in total. The van der Waals surface area contributed by atoms with Gasteiger partial charge < -0.3 is 10.1 Å². The predicted octanol–water partition coefficient (Wildman–Crippen LogP) is -0.0214. The molecular formula is C11H18N4O3S. The Hall–Kier alpha value is -1.28. The Kier molecular flexibility index (Phi) is 5.03. The van der Waals surface area contributed by atoms with Gasteiger partial charge in [0, 0.05) is 26.3 Å². The zero-order valence-electron chi connectivity index (χ0n) is 10.8. The van der Waals surface area contributed by atoms with Crippen LogP contribution in [0.2, 0.25) is 0 Å². The second-order valence-corrected chi connectivity index (χ2v) is 5.38. The Labute approximate surface area is 115 Å². The largest absolute Gasteiger partial charge is 0.385 e. The highest BCUT2D eigenvalue weighted by Crippen LogP contribution is 2.19. The van der Waals surface area contributed by atoms with E-state index in [1.807, 2.05) is 0 Å². The van der Waals surface area contributed by atoms with Gasteiger partial charge in [-0.2, -0.15) is 0 Å². The zero-order valence-corrected chi connectivity index (χ0v) is 11.7. The monoisotopic (exact) mass is 286 g/mol. The number of carbonyl (C=O) groups is 1. The van der Waals surface area contributed by atoms with Crippen LogP contribution in [0.25, 0.3) is 0 Å². The van der Waals surface area contributed by atoms with Crippen molar-refractivity contribution in [3.05, 3.63) is 10.5 Å². The van der Waals surface area contributed by atoms with Crippen LogP contribution >= 0.6 is 11.8 Å². The number of nitrogens with one attached hydrogen (secondary N) is 2. The number of nitrogens with zero attached hydrogens (tertiary/aromatic N) is 2. The maximum atomic E-state index is 11.6. The number of thioether (sulfide) groups is 1. The molecule has 0 saturated heterocycles. The van der Waals surface area contributed by atoms with Gasteiger partial charge in [-0.15, -0.1) is 5.10 Å². The summed E-state index contributed by atoms with van der Waals surface area (Å²) in [6.45, 7) is 1.12. The maximum Gasteiger partial charge on any atom is 0.343 e. The Balaban J connectivity index is 1.84. The van der Waals surface area contributed by atoms with E-state index in [1.54, 1.807) is 7.11 Å². The minimum Gasteiger partial charge on any atom is -0.385 e. The van der Waals surface area contributed by atoms with Crippen LogP contribution in [0.1, 0.15) is 19.3 Å². The number of H-pyrrole nitrogens is 1. The molecule has 8 heteroatoms. The van der Waals surface area contributed by atoms with Crippen molar-refractivity contribution in [2.45, 2.75) is 37.0 Å². The third-order valence-corrected chi connectivity index (χ3v) is 3.70. The summed E-state index contributed by atoms with van der Waals surface area (Å²) in [5.41, 5.74) is -0.249. The molecule has 0 aromatic carbocycles. The minimum atomic E-state index is -0.249. The number of ether oxygens (including phenoxy) is 1. The van der Waals surface area contributed by atoms with Crippen LogP contribution in [-0.4, -0.2) is 46.2 Å². The van der Waals surface area contributed by atoms with Crippen LogP contribution in [0.3, 0.4) is 0 Å². The Morgan fingerprint density at radius 2 is 2.42 bits per heavy atom. The van der Waals surface area contributed by atoms with Gasteiger partial charge in [0.2, 0.25) is 5.91 Å². The molecule has 0 aliphatic heterocycles. The van der Waals surface area contributed by atoms with Crippen molar-refractivity contribution < 1.29 is 9.53 Å². The number of aromatic nitrogens is 3. The van der Waals surface area contributed by atoms with Gasteiger partial charge in [-0.25, -0.2) is 9.89 Å². The second kappa shape index (κ2) is 6.76. The summed E-state index contributed by atoms with van der Waals surface area (Å²) in [7, 11) is 1.62. The second-order valence-electron chi connectivity index (χ2n) is 4.44. The van der Waals surface area contributed by atoms with E-state index in [9.17, 15) is 9.59 Å². The molecule has 19 heavy (non-hydrogen) atoms. The van der Waals surface area contributed by atoms with E-state index < -0.39 is 0 Å². The third-order valence-electron chi connectivity index (χ3n) is 2.73. The number of hydrogen-bond donors (Lipinski definition) is 2. The lowest BCUT2D eigenvalue weighted by atomic mass is 10.4. The topological polar surface area (TPSA) is 89.0 Å². The Morgan fingerprint density at radius 3 is 3.11 bits per heavy atom. The van der Waals surface area contributed by atoms with Crippen LogP contribution in [0.15, 0.2) is 9.95 Å². The van der Waals surface area contributed by atoms with Gasteiger partial charge in [0.15, 0.2) is 5.16 Å². The van der Waals surface area contributed by atoms with Gasteiger partial charge in [0.05, 0.1) is 5.75 Å². The summed E-state index contributed by atoms with van der Waals surface area (Å²) >= 11 is 1.27. The molecule has 1 heterocycles. The third kappa shape index (κ3) is 4.39. The zero-order chi connectivity index (χ0) is 13.7. The van der Waals surface area contributed by atoms with Crippen LogP contribution in [0, 0.1) is 0 Å². The van der Waals surface area contributed by atoms with E-state index in [2.05, 4.69) is 15.5 Å². The number of amides is 1.